The molecule has 2 nitrogen and oxygen atoms in total. The van der Waals surface area contributed by atoms with Crippen molar-refractivity contribution >= 4 is 5.78 Å². The second-order valence-corrected chi connectivity index (χ2v) is 12.5. The molecule has 0 aromatic carbocycles. The van der Waals surface area contributed by atoms with E-state index in [0.717, 1.165) is 55.3 Å². The van der Waals surface area contributed by atoms with Crippen molar-refractivity contribution in [1.29, 1.82) is 0 Å². The Hall–Kier alpha value is -0.370. The fourth-order valence-electron chi connectivity index (χ4n) is 9.15. The highest BCUT2D eigenvalue weighted by Crippen LogP contribution is 2.68. The summed E-state index contributed by atoms with van der Waals surface area (Å²) in [7, 11) is 0. The highest BCUT2D eigenvalue weighted by molar-refractivity contribution is 5.89. The lowest BCUT2D eigenvalue weighted by atomic mass is 9.43. The summed E-state index contributed by atoms with van der Waals surface area (Å²) in [5.41, 5.74) is -0.710. The van der Waals surface area contributed by atoms with Crippen LogP contribution < -0.4 is 0 Å². The molecule has 1 N–H and O–H groups in total. The van der Waals surface area contributed by atoms with E-state index in [1.54, 1.807) is 0 Å². The summed E-state index contributed by atoms with van der Waals surface area (Å²) in [5, 5.41) is 11.5. The number of Topliss-reactive ketones (excluding diaryl/α,β-unsaturated/α-hetero) is 1. The molecule has 0 amide bonds. The number of ketones is 1. The highest BCUT2D eigenvalue weighted by Gasteiger charge is 2.66. The fourth-order valence-corrected chi connectivity index (χ4v) is 9.15. The predicted octanol–water partition coefficient (Wildman–Crippen LogP) is 6.79. The van der Waals surface area contributed by atoms with Crippen LogP contribution in [0.5, 0.6) is 0 Å². The predicted molar refractivity (Wildman–Crippen MR) is 120 cm³/mol. The molecule has 8 atom stereocenters. The van der Waals surface area contributed by atoms with Crippen molar-refractivity contribution in [2.45, 2.75) is 117 Å². The van der Waals surface area contributed by atoms with Gasteiger partial charge in [0.1, 0.15) is 5.60 Å². The van der Waals surface area contributed by atoms with Crippen molar-refractivity contribution in [2.24, 2.45) is 46.3 Å². The number of carbonyl (C=O) groups is 1. The van der Waals surface area contributed by atoms with E-state index in [2.05, 4.69) is 34.6 Å². The van der Waals surface area contributed by atoms with Crippen molar-refractivity contribution < 1.29 is 9.90 Å². The van der Waals surface area contributed by atoms with Gasteiger partial charge in [-0.3, -0.25) is 4.79 Å². The first-order chi connectivity index (χ1) is 13.6. The van der Waals surface area contributed by atoms with Gasteiger partial charge in [0.25, 0.3) is 0 Å². The summed E-state index contributed by atoms with van der Waals surface area (Å²) in [6, 6.07) is 0. The highest BCUT2D eigenvalue weighted by atomic mass is 16.3. The number of rotatable bonds is 5. The first-order valence-corrected chi connectivity index (χ1v) is 12.9. The molecule has 0 bridgehead atoms. The molecular weight excluding hydrogens is 356 g/mol. The van der Waals surface area contributed by atoms with Gasteiger partial charge in [0.2, 0.25) is 0 Å². The molecule has 0 saturated heterocycles. The van der Waals surface area contributed by atoms with Crippen LogP contribution in [0.1, 0.15) is 112 Å². The minimum absolute atomic E-state index is 0.154. The standard InChI is InChI=1S/C27H46O2/c1-18(2)8-6-9-19(3)21-11-12-22-20-13-17-27(29)24(28)10-7-15-26(27,5)23(20)14-16-25(21,22)4/h18-23,29H,6-17H2,1-5H3/t19-,20+,21+,22-,23+,25+,26-,27-/m1/s1. The summed E-state index contributed by atoms with van der Waals surface area (Å²) in [4.78, 5) is 12.8. The molecule has 0 aromatic rings. The molecule has 0 spiro atoms. The summed E-state index contributed by atoms with van der Waals surface area (Å²) >= 11 is 0. The molecule has 4 aliphatic carbocycles. The monoisotopic (exact) mass is 402 g/mol. The van der Waals surface area contributed by atoms with Crippen LogP contribution in [0.4, 0.5) is 0 Å². The number of fused-ring (bicyclic) bond motifs is 5. The summed E-state index contributed by atoms with van der Waals surface area (Å²) in [5.74, 6) is 4.80. The summed E-state index contributed by atoms with van der Waals surface area (Å²) in [6.07, 6.45) is 13.9. The van der Waals surface area contributed by atoms with Gasteiger partial charge in [-0.15, -0.1) is 0 Å². The Labute approximate surface area is 179 Å². The smallest absolute Gasteiger partial charge is 0.164 e. The second kappa shape index (κ2) is 7.64. The lowest BCUT2D eigenvalue weighted by molar-refractivity contribution is -0.203. The zero-order valence-electron chi connectivity index (χ0n) is 19.8. The molecule has 0 radical (unpaired) electrons. The lowest BCUT2D eigenvalue weighted by Gasteiger charge is -2.62. The minimum Gasteiger partial charge on any atom is -0.381 e. The molecule has 29 heavy (non-hydrogen) atoms. The first-order valence-electron chi connectivity index (χ1n) is 12.9. The van der Waals surface area contributed by atoms with Crippen molar-refractivity contribution in [3.8, 4) is 0 Å². The maximum atomic E-state index is 12.8. The quantitative estimate of drug-likeness (QED) is 0.549. The van der Waals surface area contributed by atoms with E-state index in [4.69, 9.17) is 0 Å². The van der Waals surface area contributed by atoms with E-state index in [-0.39, 0.29) is 11.2 Å². The number of hydrogen-bond donors (Lipinski definition) is 1. The van der Waals surface area contributed by atoms with E-state index in [1.807, 2.05) is 0 Å². The Morgan fingerprint density at radius 3 is 2.45 bits per heavy atom. The average molecular weight is 403 g/mol. The van der Waals surface area contributed by atoms with E-state index in [9.17, 15) is 9.90 Å². The summed E-state index contributed by atoms with van der Waals surface area (Å²) in [6.45, 7) is 12.1. The lowest BCUT2D eigenvalue weighted by Crippen LogP contribution is -2.64. The van der Waals surface area contributed by atoms with Gasteiger partial charge in [0, 0.05) is 11.8 Å². The van der Waals surface area contributed by atoms with Gasteiger partial charge in [-0.2, -0.15) is 0 Å². The topological polar surface area (TPSA) is 37.3 Å². The molecule has 0 unspecified atom stereocenters. The van der Waals surface area contributed by atoms with Crippen molar-refractivity contribution in [3.05, 3.63) is 0 Å². The van der Waals surface area contributed by atoms with Crippen molar-refractivity contribution in [1.82, 2.24) is 0 Å². The molecule has 4 aliphatic rings. The van der Waals surface area contributed by atoms with Crippen LogP contribution >= 0.6 is 0 Å². The van der Waals surface area contributed by atoms with E-state index in [0.29, 0.717) is 17.8 Å². The Bertz CT molecular complexity index is 626. The molecule has 4 saturated carbocycles. The van der Waals surface area contributed by atoms with E-state index < -0.39 is 5.60 Å². The van der Waals surface area contributed by atoms with Gasteiger partial charge in [0.05, 0.1) is 0 Å². The van der Waals surface area contributed by atoms with Crippen molar-refractivity contribution in [2.75, 3.05) is 0 Å². The Morgan fingerprint density at radius 2 is 1.72 bits per heavy atom. The third-order valence-electron chi connectivity index (χ3n) is 10.8. The molecule has 0 aliphatic heterocycles. The zero-order valence-corrected chi connectivity index (χ0v) is 19.8. The Morgan fingerprint density at radius 1 is 0.966 bits per heavy atom. The molecule has 4 fully saturated rings. The van der Waals surface area contributed by atoms with Gasteiger partial charge >= 0.3 is 0 Å². The van der Waals surface area contributed by atoms with Crippen LogP contribution in [0.15, 0.2) is 0 Å². The Balaban J connectivity index is 1.51. The summed E-state index contributed by atoms with van der Waals surface area (Å²) < 4.78 is 0. The van der Waals surface area contributed by atoms with Gasteiger partial charge < -0.3 is 5.11 Å². The van der Waals surface area contributed by atoms with Gasteiger partial charge in [-0.25, -0.2) is 0 Å². The molecule has 166 valence electrons. The van der Waals surface area contributed by atoms with Gasteiger partial charge in [0.15, 0.2) is 5.78 Å². The molecule has 2 heteroatoms. The SMILES string of the molecule is CC(C)CCC[C@@H](C)[C@@H]1CC[C@@H]2[C@@H]3CC[C@@]4(O)C(=O)CCC[C@]4(C)[C@H]3CC[C@]21C. The van der Waals surface area contributed by atoms with Crippen LogP contribution in [0, 0.1) is 46.3 Å². The van der Waals surface area contributed by atoms with Crippen molar-refractivity contribution in [3.63, 3.8) is 0 Å². The maximum Gasteiger partial charge on any atom is 0.164 e. The second-order valence-electron chi connectivity index (χ2n) is 12.5. The van der Waals surface area contributed by atoms with Crippen LogP contribution in [-0.4, -0.2) is 16.5 Å². The third-order valence-corrected chi connectivity index (χ3v) is 10.8. The first kappa shape index (κ1) is 21.8. The van der Waals surface area contributed by atoms with E-state index in [1.165, 1.54) is 44.9 Å². The van der Waals surface area contributed by atoms with Crippen LogP contribution in [-0.2, 0) is 4.79 Å². The van der Waals surface area contributed by atoms with Gasteiger partial charge in [-0.05, 0) is 92.3 Å². The average Bonchev–Trinajstić information content (AvgIpc) is 3.01. The van der Waals surface area contributed by atoms with Gasteiger partial charge in [-0.1, -0.05) is 53.9 Å². The Kier molecular flexibility index (Phi) is 5.76. The largest absolute Gasteiger partial charge is 0.381 e. The van der Waals surface area contributed by atoms with Crippen LogP contribution in [0.3, 0.4) is 0 Å². The molecule has 0 aromatic heterocycles. The zero-order chi connectivity index (χ0) is 21.0. The van der Waals surface area contributed by atoms with Crippen LogP contribution in [0.25, 0.3) is 0 Å². The van der Waals surface area contributed by atoms with E-state index >= 15 is 0 Å². The molecular formula is C27H46O2. The number of carbonyl (C=O) groups excluding carboxylic acids is 1. The third kappa shape index (κ3) is 3.26. The maximum absolute atomic E-state index is 12.8. The number of aliphatic hydroxyl groups is 1. The normalized spacial score (nSPS) is 48.2. The minimum atomic E-state index is -1.03. The van der Waals surface area contributed by atoms with Crippen LogP contribution in [0.2, 0.25) is 0 Å². The molecule has 4 rings (SSSR count). The fraction of sp³-hybridized carbons (Fsp3) is 0.963. The molecule has 0 heterocycles. The number of hydrogen-bond acceptors (Lipinski definition) is 2.